The van der Waals surface area contributed by atoms with E-state index in [0.717, 1.165) is 67.1 Å². The van der Waals surface area contributed by atoms with Crippen LogP contribution in [0.3, 0.4) is 0 Å². The van der Waals surface area contributed by atoms with Gasteiger partial charge < -0.3 is 31.3 Å². The second kappa shape index (κ2) is 30.9. The van der Waals surface area contributed by atoms with Crippen LogP contribution in [0.2, 0.25) is 0 Å². The highest BCUT2D eigenvalue weighted by Gasteiger charge is 2.23. The van der Waals surface area contributed by atoms with E-state index in [-0.39, 0.29) is 30.4 Å². The third kappa shape index (κ3) is 20.2. The van der Waals surface area contributed by atoms with Crippen LogP contribution >= 0.6 is 11.9 Å². The van der Waals surface area contributed by atoms with E-state index in [1.54, 1.807) is 12.1 Å². The average Bonchev–Trinajstić information content (AvgIpc) is 4.12. The van der Waals surface area contributed by atoms with Crippen LogP contribution < -0.4 is 32.1 Å². The molecule has 1 saturated carbocycles. The maximum absolute atomic E-state index is 14.4. The van der Waals surface area contributed by atoms with E-state index in [4.69, 9.17) is 14.4 Å². The zero-order chi connectivity index (χ0) is 47.4. The highest BCUT2D eigenvalue weighted by Crippen LogP contribution is 2.28. The van der Waals surface area contributed by atoms with Crippen molar-refractivity contribution in [2.24, 2.45) is 11.7 Å². The van der Waals surface area contributed by atoms with Gasteiger partial charge in [-0.25, -0.2) is 23.6 Å². The Bertz CT molecular complexity index is 1920. The largest absolute Gasteiger partial charge is 0.378 e. The second-order valence-electron chi connectivity index (χ2n) is 15.0. The number of primary amides is 1. The molecule has 4 aromatic rings. The summed E-state index contributed by atoms with van der Waals surface area (Å²) in [5.74, 6) is 0.462. The van der Waals surface area contributed by atoms with E-state index in [0.29, 0.717) is 43.8 Å². The number of aryl methyl sites for hydroxylation is 2. The summed E-state index contributed by atoms with van der Waals surface area (Å²) in [5, 5.41) is 9.58. The monoisotopic (exact) mass is 914 g/mol. The minimum Gasteiger partial charge on any atom is -0.378 e. The molecule has 1 unspecified atom stereocenters. The normalized spacial score (nSPS) is 13.5. The summed E-state index contributed by atoms with van der Waals surface area (Å²) in [6.07, 6.45) is 6.16. The smallest absolute Gasteiger partial charge is 0.277 e. The predicted molar refractivity (Wildman–Crippen MR) is 257 cm³/mol. The number of benzene rings is 3. The minimum absolute atomic E-state index is 0.0114. The van der Waals surface area contributed by atoms with E-state index in [1.165, 1.54) is 24.6 Å². The lowest BCUT2D eigenvalue weighted by molar-refractivity contribution is -0.106. The van der Waals surface area contributed by atoms with Gasteiger partial charge >= 0.3 is 0 Å². The van der Waals surface area contributed by atoms with Gasteiger partial charge in [0, 0.05) is 73.4 Å². The lowest BCUT2D eigenvalue weighted by Gasteiger charge is -2.35. The molecular weight excluding hydrogens is 844 g/mol. The summed E-state index contributed by atoms with van der Waals surface area (Å²) in [5.41, 5.74) is 11.1. The number of hydrogen-bond acceptors (Lipinski definition) is 12. The van der Waals surface area contributed by atoms with Crippen molar-refractivity contribution in [3.63, 3.8) is 0 Å². The van der Waals surface area contributed by atoms with Crippen molar-refractivity contribution in [1.29, 1.82) is 0 Å². The van der Waals surface area contributed by atoms with Crippen LogP contribution in [0.1, 0.15) is 88.7 Å². The fraction of sp³-hybridized carbons (Fsp3) is 0.489. The molecule has 2 amide bonds. The number of carbonyl (C=O) groups is 2. The summed E-state index contributed by atoms with van der Waals surface area (Å²) in [4.78, 5) is 37.8. The number of nitrogens with zero attached hydrogens (tertiary/aromatic N) is 4. The Morgan fingerprint density at radius 1 is 0.906 bits per heavy atom. The zero-order valence-corrected chi connectivity index (χ0v) is 39.8. The number of anilines is 6. The molecule has 2 heterocycles. The summed E-state index contributed by atoms with van der Waals surface area (Å²) >= 11 is 1.94. The van der Waals surface area contributed by atoms with E-state index in [2.05, 4.69) is 91.4 Å². The van der Waals surface area contributed by atoms with Crippen molar-refractivity contribution in [2.45, 2.75) is 93.2 Å². The number of piperazine rings is 1. The molecule has 0 radical (unpaired) electrons. The number of aromatic nitrogens is 2. The van der Waals surface area contributed by atoms with Crippen LogP contribution in [-0.2, 0) is 14.4 Å². The number of halogens is 3. The molecule has 64 heavy (non-hydrogen) atoms. The molecule has 13 nitrogen and oxygen atoms in total. The summed E-state index contributed by atoms with van der Waals surface area (Å²) < 4.78 is 45.8. The van der Waals surface area contributed by atoms with Crippen LogP contribution in [-0.4, -0.2) is 91.1 Å². The highest BCUT2D eigenvalue weighted by molar-refractivity contribution is 7.96. The molecule has 1 atom stereocenters. The van der Waals surface area contributed by atoms with Gasteiger partial charge in [-0.3, -0.25) is 18.8 Å². The van der Waals surface area contributed by atoms with Crippen LogP contribution in [0.25, 0.3) is 0 Å². The number of ether oxygens (including phenoxy) is 1. The number of hydrogen-bond donors (Lipinski definition) is 5. The van der Waals surface area contributed by atoms with Gasteiger partial charge in [0.1, 0.15) is 5.82 Å². The molecule has 1 aromatic heterocycles. The van der Waals surface area contributed by atoms with Crippen molar-refractivity contribution in [1.82, 2.24) is 19.8 Å². The van der Waals surface area contributed by atoms with Crippen molar-refractivity contribution in [2.75, 3.05) is 73.2 Å². The molecule has 2 aliphatic rings. The third-order valence-electron chi connectivity index (χ3n) is 9.48. The number of carbonyl (C=O) groups excluding carboxylic acids is 2. The number of hydroxylamine groups is 1. The molecule has 1 saturated heterocycles. The molecular formula is C47H70F3N9O4S. The van der Waals surface area contributed by atoms with Gasteiger partial charge in [0.15, 0.2) is 11.6 Å². The predicted octanol–water partition coefficient (Wildman–Crippen LogP) is 10.1. The number of rotatable bonds is 18. The third-order valence-corrected chi connectivity index (χ3v) is 10.5. The molecule has 6 rings (SSSR count). The van der Waals surface area contributed by atoms with Gasteiger partial charge in [0.2, 0.25) is 12.4 Å². The Labute approximate surface area is 382 Å². The molecule has 0 spiro atoms. The Hall–Kier alpha value is -5.10. The molecule has 0 bridgehead atoms. The topological polar surface area (TPSA) is 159 Å². The van der Waals surface area contributed by atoms with Gasteiger partial charge in [-0.15, -0.1) is 0 Å². The first-order valence-electron chi connectivity index (χ1n) is 21.9. The van der Waals surface area contributed by atoms with Crippen LogP contribution in [0.15, 0.2) is 66.9 Å². The molecule has 1 aliphatic carbocycles. The Morgan fingerprint density at radius 3 is 2.11 bits per heavy atom. The molecule has 3 aromatic carbocycles. The van der Waals surface area contributed by atoms with Crippen LogP contribution in [0, 0.1) is 31.4 Å². The minimum atomic E-state index is -1.13. The molecule has 6 N–H and O–H groups in total. The highest BCUT2D eigenvalue weighted by atomic mass is 32.2. The second-order valence-corrected chi connectivity index (χ2v) is 16.3. The zero-order valence-electron chi connectivity index (χ0n) is 39.0. The van der Waals surface area contributed by atoms with Gasteiger partial charge in [-0.05, 0) is 101 Å². The van der Waals surface area contributed by atoms with Gasteiger partial charge in [-0.2, -0.15) is 4.98 Å². The molecule has 17 heteroatoms. The standard InChI is InChI=1S/C23H30F2N2O3.C20H28N6S.C2H6.CH3F.CH3NO/c1-15(2)11-13-29-17(4)12-14-30-27-23(28)19-9-10-20(24)21(25)22(19)26-18-7-5-16(3)6-8-18;1-3-27-26-12-10-25(11-13-26)18-8-6-17(7-9-18)23-20-21-14-15(2)19(24-20)22-16-4-5-16;2*1-2;2-1-3/h5-10,15,17,26H,11-14H2,1-4H3,(H,27,28);6-9,14,16H,3-5,10-13H2,1-2H3,(H2,21,22,23,24);1-2H3;1H3;1H,(H2,2,3). The summed E-state index contributed by atoms with van der Waals surface area (Å²) in [6.45, 7) is 21.7. The average molecular weight is 914 g/mol. The lowest BCUT2D eigenvalue weighted by atomic mass is 10.1. The molecule has 354 valence electrons. The fourth-order valence-corrected chi connectivity index (χ4v) is 6.63. The molecule has 1 aliphatic heterocycles. The molecule has 2 fully saturated rings. The van der Waals surface area contributed by atoms with Crippen molar-refractivity contribution < 1.29 is 32.3 Å². The van der Waals surface area contributed by atoms with Gasteiger partial charge in [0.25, 0.3) is 5.91 Å². The Kier molecular flexibility index (Phi) is 26.6. The van der Waals surface area contributed by atoms with Gasteiger partial charge in [0.05, 0.1) is 31.1 Å². The first-order valence-corrected chi connectivity index (χ1v) is 22.8. The maximum atomic E-state index is 14.4. The Balaban J connectivity index is 0.000000387. The maximum Gasteiger partial charge on any atom is 0.277 e. The first kappa shape index (κ1) is 55.0. The number of amides is 2. The SMILES string of the molecule is CC.CCSN1CCN(c2ccc(Nc3ncc(C)c(NC4CC4)n3)cc2)CC1.CF.Cc1ccc(Nc2c(C(=O)NOCCC(C)OCCC(C)C)ccc(F)c2F)cc1.NC=O. The van der Waals surface area contributed by atoms with Crippen LogP contribution in [0.5, 0.6) is 0 Å². The van der Waals surface area contributed by atoms with E-state index < -0.39 is 17.5 Å². The van der Waals surface area contributed by atoms with E-state index in [1.807, 2.05) is 64.9 Å². The lowest BCUT2D eigenvalue weighted by Crippen LogP contribution is -2.43. The van der Waals surface area contributed by atoms with Crippen LogP contribution in [0.4, 0.5) is 47.7 Å². The number of nitrogens with one attached hydrogen (secondary N) is 4. The Morgan fingerprint density at radius 2 is 1.52 bits per heavy atom. The summed E-state index contributed by atoms with van der Waals surface area (Å²) in [6, 6.07) is 18.4. The van der Waals surface area contributed by atoms with Gasteiger partial charge in [-0.1, -0.05) is 64.3 Å². The fourth-order valence-electron chi connectivity index (χ4n) is 5.84. The number of nitrogens with two attached hydrogens (primary N) is 1. The van der Waals surface area contributed by atoms with Crippen molar-refractivity contribution >= 4 is 58.8 Å². The summed E-state index contributed by atoms with van der Waals surface area (Å²) in [7, 11) is 0.500. The van der Waals surface area contributed by atoms with E-state index >= 15 is 0 Å². The van der Waals surface area contributed by atoms with Crippen molar-refractivity contribution in [3.05, 3.63) is 95.2 Å². The first-order chi connectivity index (χ1) is 30.9. The quantitative estimate of drug-likeness (QED) is 0.0279. The van der Waals surface area contributed by atoms with E-state index in [9.17, 15) is 18.0 Å². The number of alkyl halides is 1. The van der Waals surface area contributed by atoms with Crippen molar-refractivity contribution in [3.8, 4) is 0 Å².